The fraction of sp³-hybridized carbons (Fsp3) is 0.273. The third-order valence-corrected chi connectivity index (χ3v) is 2.04. The monoisotopic (exact) mass is 194 g/mol. The Hall–Kier alpha value is -1.16. The summed E-state index contributed by atoms with van der Waals surface area (Å²) >= 11 is 0. The van der Waals surface area contributed by atoms with Crippen LogP contribution in [0, 0.1) is 0 Å². The van der Waals surface area contributed by atoms with Crippen LogP contribution in [-0.4, -0.2) is 16.5 Å². The number of rotatable bonds is 5. The number of hydrogen-bond acceptors (Lipinski definition) is 3. The summed E-state index contributed by atoms with van der Waals surface area (Å²) in [5.41, 5.74) is 0.802. The normalized spacial score (nSPS) is 14.7. The molecule has 2 atom stereocenters. The molecule has 3 heteroatoms. The quantitative estimate of drug-likeness (QED) is 0.429. The Morgan fingerprint density at radius 2 is 2.00 bits per heavy atom. The van der Waals surface area contributed by atoms with E-state index in [1.807, 2.05) is 30.3 Å². The summed E-state index contributed by atoms with van der Waals surface area (Å²) in [6.07, 6.45) is 0.562. The molecule has 0 saturated heterocycles. The molecule has 2 N–H and O–H groups in total. The van der Waals surface area contributed by atoms with E-state index in [2.05, 4.69) is 11.5 Å². The summed E-state index contributed by atoms with van der Waals surface area (Å²) in [6.45, 7) is 3.48. The van der Waals surface area contributed by atoms with Crippen molar-refractivity contribution in [1.82, 2.24) is 0 Å². The minimum absolute atomic E-state index is 0.296. The van der Waals surface area contributed by atoms with E-state index in [0.29, 0.717) is 6.42 Å². The van der Waals surface area contributed by atoms with Crippen LogP contribution in [0.5, 0.6) is 0 Å². The lowest BCUT2D eigenvalue weighted by atomic mass is 10.0. The lowest BCUT2D eigenvalue weighted by molar-refractivity contribution is -0.270. The SMILES string of the molecule is C=C[C@H](C[C@H](O)c1ccccc1)OO. The maximum Gasteiger partial charge on any atom is 0.113 e. The molecule has 0 aliphatic heterocycles. The van der Waals surface area contributed by atoms with E-state index in [1.165, 1.54) is 6.08 Å². The highest BCUT2D eigenvalue weighted by Crippen LogP contribution is 2.19. The molecule has 76 valence electrons. The highest BCUT2D eigenvalue weighted by atomic mass is 17.1. The van der Waals surface area contributed by atoms with Crippen molar-refractivity contribution in [2.75, 3.05) is 0 Å². The largest absolute Gasteiger partial charge is 0.388 e. The molecule has 0 aromatic heterocycles. The predicted octanol–water partition coefficient (Wildman–Crippen LogP) is 2.15. The van der Waals surface area contributed by atoms with E-state index in [0.717, 1.165) is 5.56 Å². The third kappa shape index (κ3) is 2.96. The molecule has 0 spiro atoms. The molecule has 0 aliphatic rings. The molecular weight excluding hydrogens is 180 g/mol. The summed E-state index contributed by atoms with van der Waals surface area (Å²) in [5.74, 6) is 0. The summed E-state index contributed by atoms with van der Waals surface area (Å²) in [5, 5.41) is 18.2. The van der Waals surface area contributed by atoms with E-state index in [1.54, 1.807) is 0 Å². The van der Waals surface area contributed by atoms with Crippen LogP contribution >= 0.6 is 0 Å². The van der Waals surface area contributed by atoms with Gasteiger partial charge in [0.25, 0.3) is 0 Å². The average Bonchev–Trinajstić information content (AvgIpc) is 2.26. The van der Waals surface area contributed by atoms with Crippen LogP contribution in [0.15, 0.2) is 43.0 Å². The topological polar surface area (TPSA) is 49.7 Å². The van der Waals surface area contributed by atoms with Crippen molar-refractivity contribution in [3.63, 3.8) is 0 Å². The van der Waals surface area contributed by atoms with Crippen LogP contribution in [0.3, 0.4) is 0 Å². The van der Waals surface area contributed by atoms with E-state index in [9.17, 15) is 5.11 Å². The van der Waals surface area contributed by atoms with Crippen molar-refractivity contribution in [1.29, 1.82) is 0 Å². The lowest BCUT2D eigenvalue weighted by Crippen LogP contribution is -2.12. The van der Waals surface area contributed by atoms with Gasteiger partial charge < -0.3 is 5.11 Å². The fourth-order valence-corrected chi connectivity index (χ4v) is 1.21. The van der Waals surface area contributed by atoms with Gasteiger partial charge in [0.2, 0.25) is 0 Å². The van der Waals surface area contributed by atoms with E-state index in [-0.39, 0.29) is 0 Å². The van der Waals surface area contributed by atoms with Gasteiger partial charge in [-0.05, 0) is 5.56 Å². The number of hydrogen-bond donors (Lipinski definition) is 2. The summed E-state index contributed by atoms with van der Waals surface area (Å²) in [7, 11) is 0. The maximum absolute atomic E-state index is 9.71. The molecule has 0 aliphatic carbocycles. The molecule has 1 aromatic rings. The first kappa shape index (κ1) is 10.9. The molecular formula is C11H14O3. The molecule has 0 bridgehead atoms. The molecule has 0 radical (unpaired) electrons. The molecule has 1 rings (SSSR count). The van der Waals surface area contributed by atoms with E-state index < -0.39 is 12.2 Å². The minimum atomic E-state index is -0.647. The van der Waals surface area contributed by atoms with Gasteiger partial charge in [0, 0.05) is 6.42 Å². The highest BCUT2D eigenvalue weighted by Gasteiger charge is 2.13. The molecule has 0 unspecified atom stereocenters. The molecule has 0 heterocycles. The Morgan fingerprint density at radius 1 is 1.36 bits per heavy atom. The van der Waals surface area contributed by atoms with E-state index >= 15 is 0 Å². The van der Waals surface area contributed by atoms with Crippen LogP contribution in [0.4, 0.5) is 0 Å². The standard InChI is InChI=1S/C11H14O3/c1-2-10(14-13)8-11(12)9-6-4-3-5-7-9/h2-7,10-13H,1,8H2/t10-,11+/m1/s1. The number of aliphatic hydroxyl groups is 1. The van der Waals surface area contributed by atoms with E-state index in [4.69, 9.17) is 5.26 Å². The molecule has 1 aromatic carbocycles. The molecule has 14 heavy (non-hydrogen) atoms. The van der Waals surface area contributed by atoms with Crippen molar-refractivity contribution in [2.45, 2.75) is 18.6 Å². The molecule has 3 nitrogen and oxygen atoms in total. The van der Waals surface area contributed by atoms with Gasteiger partial charge >= 0.3 is 0 Å². The van der Waals surface area contributed by atoms with Crippen LogP contribution in [0.2, 0.25) is 0 Å². The first-order valence-corrected chi connectivity index (χ1v) is 4.43. The number of aliphatic hydroxyl groups excluding tert-OH is 1. The van der Waals surface area contributed by atoms with Gasteiger partial charge in [-0.15, -0.1) is 6.58 Å². The minimum Gasteiger partial charge on any atom is -0.388 e. The fourth-order valence-electron chi connectivity index (χ4n) is 1.21. The first-order chi connectivity index (χ1) is 6.77. The van der Waals surface area contributed by atoms with Crippen molar-refractivity contribution in [2.24, 2.45) is 0 Å². The second-order valence-electron chi connectivity index (χ2n) is 3.04. The van der Waals surface area contributed by atoms with Crippen molar-refractivity contribution in [3.05, 3.63) is 48.6 Å². The Labute approximate surface area is 83.2 Å². The molecule has 0 saturated carbocycles. The Kier molecular flexibility index (Phi) is 4.32. The van der Waals surface area contributed by atoms with Gasteiger partial charge in [0.05, 0.1) is 6.10 Å². The predicted molar refractivity (Wildman–Crippen MR) is 53.7 cm³/mol. The smallest absolute Gasteiger partial charge is 0.113 e. The average molecular weight is 194 g/mol. The zero-order chi connectivity index (χ0) is 10.4. The summed E-state index contributed by atoms with van der Waals surface area (Å²) < 4.78 is 0. The highest BCUT2D eigenvalue weighted by molar-refractivity contribution is 5.17. The second-order valence-corrected chi connectivity index (χ2v) is 3.04. The summed E-state index contributed by atoms with van der Waals surface area (Å²) in [6, 6.07) is 9.22. The van der Waals surface area contributed by atoms with Crippen molar-refractivity contribution >= 4 is 0 Å². The van der Waals surface area contributed by atoms with Crippen LogP contribution < -0.4 is 0 Å². The van der Waals surface area contributed by atoms with Gasteiger partial charge in [-0.25, -0.2) is 4.89 Å². The summed E-state index contributed by atoms with van der Waals surface area (Å²) in [4.78, 5) is 4.11. The molecule has 0 amide bonds. The van der Waals surface area contributed by atoms with Gasteiger partial charge in [-0.1, -0.05) is 36.4 Å². The van der Waals surface area contributed by atoms with Crippen LogP contribution in [0.25, 0.3) is 0 Å². The van der Waals surface area contributed by atoms with Gasteiger partial charge in [-0.2, -0.15) is 0 Å². The van der Waals surface area contributed by atoms with Gasteiger partial charge in [0.15, 0.2) is 0 Å². The Balaban J connectivity index is 2.58. The number of benzene rings is 1. The molecule has 0 fully saturated rings. The van der Waals surface area contributed by atoms with Crippen LogP contribution in [-0.2, 0) is 4.89 Å². The first-order valence-electron chi connectivity index (χ1n) is 4.43. The zero-order valence-electron chi connectivity index (χ0n) is 7.84. The maximum atomic E-state index is 9.71. The lowest BCUT2D eigenvalue weighted by Gasteiger charge is -2.14. The Morgan fingerprint density at radius 3 is 2.50 bits per heavy atom. The van der Waals surface area contributed by atoms with Gasteiger partial charge in [0.1, 0.15) is 6.10 Å². The van der Waals surface area contributed by atoms with Crippen molar-refractivity contribution < 1.29 is 15.3 Å². The van der Waals surface area contributed by atoms with Gasteiger partial charge in [-0.3, -0.25) is 5.26 Å². The van der Waals surface area contributed by atoms with Crippen molar-refractivity contribution in [3.8, 4) is 0 Å². The second kappa shape index (κ2) is 5.54. The Bertz CT molecular complexity index is 271. The zero-order valence-corrected chi connectivity index (χ0v) is 7.84. The van der Waals surface area contributed by atoms with Crippen LogP contribution in [0.1, 0.15) is 18.1 Å². The third-order valence-electron chi connectivity index (χ3n) is 2.04.